The lowest BCUT2D eigenvalue weighted by molar-refractivity contribution is 0.00660. The second-order valence-corrected chi connectivity index (χ2v) is 4.93. The molecule has 0 saturated heterocycles. The maximum absolute atomic E-state index is 13.8. The van der Waals surface area contributed by atoms with Crippen LogP contribution >= 0.6 is 0 Å². The number of nitrogens with two attached hydrogens (primary N) is 1. The molecule has 96 valence electrons. The number of carbonyl (C=O) groups is 1. The summed E-state index contributed by atoms with van der Waals surface area (Å²) in [5.74, 6) is -1.67. The lowest BCUT2D eigenvalue weighted by Gasteiger charge is -2.20. The molecule has 0 aliphatic carbocycles. The summed E-state index contributed by atoms with van der Waals surface area (Å²) in [6.45, 7) is 6.59. The summed E-state index contributed by atoms with van der Waals surface area (Å²) in [4.78, 5) is 11.8. The first-order valence-corrected chi connectivity index (χ1v) is 5.39. The van der Waals surface area contributed by atoms with Crippen molar-refractivity contribution in [3.05, 3.63) is 28.6 Å². The molecule has 18 heavy (non-hydrogen) atoms. The number of ether oxygens (including phenoxy) is 1. The van der Waals surface area contributed by atoms with Crippen LogP contribution in [0, 0.1) is 24.1 Å². The van der Waals surface area contributed by atoms with Gasteiger partial charge in [0.05, 0.1) is 17.3 Å². The summed E-state index contributed by atoms with van der Waals surface area (Å²) < 4.78 is 18.8. The predicted molar refractivity (Wildman–Crippen MR) is 65.4 cm³/mol. The fourth-order valence-corrected chi connectivity index (χ4v) is 1.42. The van der Waals surface area contributed by atoms with Gasteiger partial charge in [-0.25, -0.2) is 9.18 Å². The Morgan fingerprint density at radius 1 is 1.50 bits per heavy atom. The van der Waals surface area contributed by atoms with Crippen molar-refractivity contribution in [2.75, 3.05) is 5.73 Å². The van der Waals surface area contributed by atoms with Gasteiger partial charge in [-0.15, -0.1) is 0 Å². The van der Waals surface area contributed by atoms with Crippen molar-refractivity contribution in [3.8, 4) is 6.07 Å². The van der Waals surface area contributed by atoms with Gasteiger partial charge in [-0.3, -0.25) is 0 Å². The minimum Gasteiger partial charge on any atom is -0.456 e. The molecule has 0 fully saturated rings. The largest absolute Gasteiger partial charge is 0.456 e. The summed E-state index contributed by atoms with van der Waals surface area (Å²) in [5.41, 5.74) is 5.06. The number of anilines is 1. The highest BCUT2D eigenvalue weighted by molar-refractivity contribution is 5.96. The van der Waals surface area contributed by atoms with Crippen LogP contribution in [-0.4, -0.2) is 11.6 Å². The Morgan fingerprint density at radius 2 is 2.06 bits per heavy atom. The molecule has 0 heterocycles. The average molecular weight is 250 g/mol. The fraction of sp³-hybridized carbons (Fsp3) is 0.385. The van der Waals surface area contributed by atoms with E-state index in [9.17, 15) is 9.18 Å². The van der Waals surface area contributed by atoms with E-state index < -0.39 is 17.4 Å². The van der Waals surface area contributed by atoms with Crippen LogP contribution in [0.2, 0.25) is 0 Å². The molecule has 1 aromatic rings. The Labute approximate surface area is 105 Å². The number of carbonyl (C=O) groups excluding carboxylic acids is 1. The Bertz CT molecular complexity index is 539. The quantitative estimate of drug-likeness (QED) is 0.613. The van der Waals surface area contributed by atoms with Crippen LogP contribution in [0.3, 0.4) is 0 Å². The van der Waals surface area contributed by atoms with Gasteiger partial charge in [0.25, 0.3) is 0 Å². The van der Waals surface area contributed by atoms with E-state index in [1.165, 1.54) is 0 Å². The smallest absolute Gasteiger partial charge is 0.343 e. The first-order valence-electron chi connectivity index (χ1n) is 5.39. The second-order valence-electron chi connectivity index (χ2n) is 4.93. The number of hydrogen-bond donors (Lipinski definition) is 1. The average Bonchev–Trinajstić information content (AvgIpc) is 2.20. The van der Waals surface area contributed by atoms with Gasteiger partial charge in [0.1, 0.15) is 17.0 Å². The third-order valence-corrected chi connectivity index (χ3v) is 2.31. The fourth-order valence-electron chi connectivity index (χ4n) is 1.42. The second kappa shape index (κ2) is 4.65. The van der Waals surface area contributed by atoms with Crippen LogP contribution in [0.4, 0.5) is 10.1 Å². The first kappa shape index (κ1) is 14.0. The number of benzene rings is 1. The molecule has 0 radical (unpaired) electrons. The molecule has 1 aromatic carbocycles. The van der Waals surface area contributed by atoms with Crippen molar-refractivity contribution in [2.45, 2.75) is 33.3 Å². The van der Waals surface area contributed by atoms with Crippen molar-refractivity contribution < 1.29 is 13.9 Å². The zero-order valence-electron chi connectivity index (χ0n) is 10.8. The van der Waals surface area contributed by atoms with Crippen molar-refractivity contribution in [3.63, 3.8) is 0 Å². The Balaban J connectivity index is 3.31. The summed E-state index contributed by atoms with van der Waals surface area (Å²) in [6.07, 6.45) is 0. The van der Waals surface area contributed by atoms with E-state index in [4.69, 9.17) is 15.7 Å². The Morgan fingerprint density at radius 3 is 2.50 bits per heavy atom. The summed E-state index contributed by atoms with van der Waals surface area (Å²) in [7, 11) is 0. The molecule has 0 atom stereocenters. The molecule has 1 rings (SSSR count). The third-order valence-electron chi connectivity index (χ3n) is 2.31. The Kier molecular flexibility index (Phi) is 3.61. The van der Waals surface area contributed by atoms with Gasteiger partial charge >= 0.3 is 5.97 Å². The van der Waals surface area contributed by atoms with E-state index >= 15 is 0 Å². The van der Waals surface area contributed by atoms with E-state index in [1.54, 1.807) is 27.7 Å². The zero-order valence-corrected chi connectivity index (χ0v) is 10.8. The van der Waals surface area contributed by atoms with Gasteiger partial charge in [0.2, 0.25) is 0 Å². The van der Waals surface area contributed by atoms with E-state index in [0.29, 0.717) is 5.56 Å². The van der Waals surface area contributed by atoms with E-state index in [0.717, 1.165) is 6.07 Å². The molecule has 0 aliphatic heterocycles. The number of nitrogen functional groups attached to an aromatic ring is 1. The molecular weight excluding hydrogens is 235 g/mol. The highest BCUT2D eigenvalue weighted by atomic mass is 19.1. The van der Waals surface area contributed by atoms with E-state index in [1.807, 2.05) is 6.07 Å². The SMILES string of the molecule is Cc1c(C#N)cc(F)c(C(=O)OC(C)(C)C)c1N. The maximum atomic E-state index is 13.8. The molecule has 5 heteroatoms. The van der Waals surface area contributed by atoms with Gasteiger partial charge in [-0.05, 0) is 39.3 Å². The molecule has 0 bridgehead atoms. The minimum absolute atomic E-state index is 0.0548. The summed E-state index contributed by atoms with van der Waals surface area (Å²) in [6, 6.07) is 2.81. The van der Waals surface area contributed by atoms with Gasteiger partial charge in [0, 0.05) is 0 Å². The predicted octanol–water partition coefficient (Wildman–Crippen LogP) is 2.54. The van der Waals surface area contributed by atoms with Gasteiger partial charge in [-0.2, -0.15) is 5.26 Å². The zero-order chi connectivity index (χ0) is 14.1. The van der Waals surface area contributed by atoms with Crippen molar-refractivity contribution in [2.24, 2.45) is 0 Å². The number of nitriles is 1. The molecule has 0 amide bonds. The Hall–Kier alpha value is -2.09. The van der Waals surface area contributed by atoms with Crippen LogP contribution < -0.4 is 5.73 Å². The van der Waals surface area contributed by atoms with Crippen LogP contribution in [0.1, 0.15) is 42.3 Å². The van der Waals surface area contributed by atoms with Gasteiger partial charge in [-0.1, -0.05) is 0 Å². The lowest BCUT2D eigenvalue weighted by Crippen LogP contribution is -2.25. The molecular formula is C13H15FN2O2. The maximum Gasteiger partial charge on any atom is 0.343 e. The number of rotatable bonds is 1. The van der Waals surface area contributed by atoms with E-state index in [-0.39, 0.29) is 16.8 Å². The third kappa shape index (κ3) is 2.77. The van der Waals surface area contributed by atoms with E-state index in [2.05, 4.69) is 0 Å². The standard InChI is InChI=1S/C13H15FN2O2/c1-7-8(6-15)5-9(14)10(11(7)16)12(17)18-13(2,3)4/h5H,16H2,1-4H3. The van der Waals surface area contributed by atoms with Crippen LogP contribution in [0.25, 0.3) is 0 Å². The molecule has 0 spiro atoms. The number of nitrogens with zero attached hydrogens (tertiary/aromatic N) is 1. The summed E-state index contributed by atoms with van der Waals surface area (Å²) in [5, 5.41) is 8.79. The molecule has 0 aromatic heterocycles. The monoisotopic (exact) mass is 250 g/mol. The van der Waals surface area contributed by atoms with Crippen molar-refractivity contribution in [1.82, 2.24) is 0 Å². The molecule has 4 nitrogen and oxygen atoms in total. The topological polar surface area (TPSA) is 76.1 Å². The van der Waals surface area contributed by atoms with Crippen LogP contribution in [-0.2, 0) is 4.74 Å². The van der Waals surface area contributed by atoms with Gasteiger partial charge < -0.3 is 10.5 Å². The lowest BCUT2D eigenvalue weighted by atomic mass is 10.0. The normalized spacial score (nSPS) is 10.9. The van der Waals surface area contributed by atoms with Crippen molar-refractivity contribution in [1.29, 1.82) is 5.26 Å². The minimum atomic E-state index is -0.844. The first-order chi connectivity index (χ1) is 8.17. The van der Waals surface area contributed by atoms with Crippen LogP contribution in [0.15, 0.2) is 6.07 Å². The number of halogens is 1. The number of hydrogen-bond acceptors (Lipinski definition) is 4. The highest BCUT2D eigenvalue weighted by Gasteiger charge is 2.25. The summed E-state index contributed by atoms with van der Waals surface area (Å²) >= 11 is 0. The van der Waals surface area contributed by atoms with Gasteiger partial charge in [0.15, 0.2) is 0 Å². The molecule has 2 N–H and O–H groups in total. The molecule has 0 saturated carbocycles. The number of esters is 1. The molecule has 0 aliphatic rings. The highest BCUT2D eigenvalue weighted by Crippen LogP contribution is 2.26. The molecule has 0 unspecified atom stereocenters. The van der Waals surface area contributed by atoms with Crippen molar-refractivity contribution >= 4 is 11.7 Å². The van der Waals surface area contributed by atoms with Crippen LogP contribution in [0.5, 0.6) is 0 Å².